The van der Waals surface area contributed by atoms with Gasteiger partial charge in [-0.25, -0.2) is 0 Å². The summed E-state index contributed by atoms with van der Waals surface area (Å²) in [5.74, 6) is 1.59. The summed E-state index contributed by atoms with van der Waals surface area (Å²) >= 11 is 0. The van der Waals surface area contributed by atoms with Gasteiger partial charge in [-0.15, -0.1) is 0 Å². The van der Waals surface area contributed by atoms with Crippen LogP contribution >= 0.6 is 0 Å². The Bertz CT molecular complexity index is 232. The maximum atomic E-state index is 11.0. The molecule has 0 N–H and O–H groups in total. The van der Waals surface area contributed by atoms with Crippen molar-refractivity contribution in [2.75, 3.05) is 20.7 Å². The normalized spacial score (nSPS) is 29.4. The molecule has 0 amide bonds. The van der Waals surface area contributed by atoms with Gasteiger partial charge >= 0.3 is 5.97 Å². The third kappa shape index (κ3) is 5.07. The second-order valence-corrected chi connectivity index (χ2v) is 5.73. The molecule has 2 atom stereocenters. The zero-order chi connectivity index (χ0) is 12.8. The second-order valence-electron chi connectivity index (χ2n) is 5.73. The maximum Gasteiger partial charge on any atom is 0.305 e. The zero-order valence-corrected chi connectivity index (χ0v) is 11.7. The van der Waals surface area contributed by atoms with Crippen LogP contribution in [-0.4, -0.2) is 37.6 Å². The lowest BCUT2D eigenvalue weighted by Gasteiger charge is -2.37. The molecule has 1 aliphatic rings. The molecule has 1 fully saturated rings. The van der Waals surface area contributed by atoms with Crippen molar-refractivity contribution in [3.05, 3.63) is 0 Å². The molecule has 2 unspecified atom stereocenters. The van der Waals surface area contributed by atoms with Crippen LogP contribution in [0.15, 0.2) is 0 Å². The highest BCUT2D eigenvalue weighted by Crippen LogP contribution is 2.31. The van der Waals surface area contributed by atoms with E-state index in [1.807, 2.05) is 0 Å². The maximum absolute atomic E-state index is 11.0. The number of ether oxygens (including phenoxy) is 1. The number of rotatable bonds is 5. The first-order valence-electron chi connectivity index (χ1n) is 6.80. The Morgan fingerprint density at radius 3 is 2.35 bits per heavy atom. The van der Waals surface area contributed by atoms with Gasteiger partial charge in [0.05, 0.1) is 7.11 Å². The summed E-state index contributed by atoms with van der Waals surface area (Å²) in [5.41, 5.74) is 0. The summed E-state index contributed by atoms with van der Waals surface area (Å²) in [6.45, 7) is 5.70. The molecule has 0 heterocycles. The fraction of sp³-hybridized carbons (Fsp3) is 0.929. The number of methoxy groups -OCH3 is 1. The Kier molecular flexibility index (Phi) is 5.96. The van der Waals surface area contributed by atoms with E-state index in [-0.39, 0.29) is 5.97 Å². The molecule has 3 heteroatoms. The van der Waals surface area contributed by atoms with Crippen LogP contribution in [0, 0.1) is 11.8 Å². The molecule has 0 aromatic rings. The minimum absolute atomic E-state index is 0.0937. The smallest absolute Gasteiger partial charge is 0.305 e. The average Bonchev–Trinajstić information content (AvgIpc) is 2.27. The second kappa shape index (κ2) is 7.00. The van der Waals surface area contributed by atoms with E-state index in [1.165, 1.54) is 26.4 Å². The Morgan fingerprint density at radius 2 is 1.82 bits per heavy atom. The number of nitrogens with zero attached hydrogens (tertiary/aromatic N) is 1. The molecular weight excluding hydrogens is 214 g/mol. The van der Waals surface area contributed by atoms with E-state index in [0.29, 0.717) is 12.5 Å². The van der Waals surface area contributed by atoms with E-state index in [2.05, 4.69) is 30.5 Å². The molecule has 1 rings (SSSR count). The molecular formula is C14H27NO2. The number of hydrogen-bond acceptors (Lipinski definition) is 3. The largest absolute Gasteiger partial charge is 0.469 e. The van der Waals surface area contributed by atoms with Crippen LogP contribution in [0.1, 0.15) is 46.0 Å². The Morgan fingerprint density at radius 1 is 1.24 bits per heavy atom. The molecule has 1 saturated carbocycles. The van der Waals surface area contributed by atoms with Gasteiger partial charge in [-0.2, -0.15) is 0 Å². The standard InChI is InChI=1S/C14H27NO2/c1-11-8-12(2)10-13(9-11)15(3)7-5-6-14(16)17-4/h11-13H,5-10H2,1-4H3. The van der Waals surface area contributed by atoms with Crippen molar-refractivity contribution < 1.29 is 9.53 Å². The lowest BCUT2D eigenvalue weighted by atomic mass is 9.80. The topological polar surface area (TPSA) is 29.5 Å². The van der Waals surface area contributed by atoms with Crippen molar-refractivity contribution in [2.45, 2.75) is 52.0 Å². The van der Waals surface area contributed by atoms with Crippen molar-refractivity contribution in [3.63, 3.8) is 0 Å². The minimum Gasteiger partial charge on any atom is -0.469 e. The molecule has 100 valence electrons. The van der Waals surface area contributed by atoms with Crippen LogP contribution in [0.2, 0.25) is 0 Å². The van der Waals surface area contributed by atoms with Crippen molar-refractivity contribution in [3.8, 4) is 0 Å². The Balaban J connectivity index is 2.26. The number of carbonyl (C=O) groups is 1. The third-order valence-electron chi connectivity index (χ3n) is 3.90. The monoisotopic (exact) mass is 241 g/mol. The molecule has 0 saturated heterocycles. The van der Waals surface area contributed by atoms with Crippen LogP contribution in [0.5, 0.6) is 0 Å². The SMILES string of the molecule is COC(=O)CCCN(C)C1CC(C)CC(C)C1. The molecule has 1 aliphatic carbocycles. The van der Waals surface area contributed by atoms with Gasteiger partial charge in [0.25, 0.3) is 0 Å². The van der Waals surface area contributed by atoms with Gasteiger partial charge in [-0.1, -0.05) is 13.8 Å². The quantitative estimate of drug-likeness (QED) is 0.693. The number of hydrogen-bond donors (Lipinski definition) is 0. The summed E-state index contributed by atoms with van der Waals surface area (Å²) < 4.78 is 4.65. The van der Waals surface area contributed by atoms with Gasteiger partial charge in [0.2, 0.25) is 0 Å². The summed E-state index contributed by atoms with van der Waals surface area (Å²) in [6, 6.07) is 0.700. The van der Waals surface area contributed by atoms with Gasteiger partial charge in [0.1, 0.15) is 0 Å². The summed E-state index contributed by atoms with van der Waals surface area (Å²) in [5, 5.41) is 0. The summed E-state index contributed by atoms with van der Waals surface area (Å²) in [6.07, 6.45) is 5.42. The van der Waals surface area contributed by atoms with E-state index in [0.717, 1.165) is 24.8 Å². The molecule has 17 heavy (non-hydrogen) atoms. The third-order valence-corrected chi connectivity index (χ3v) is 3.90. The molecule has 0 spiro atoms. The molecule has 0 aromatic carbocycles. The van der Waals surface area contributed by atoms with E-state index in [9.17, 15) is 4.79 Å². The van der Waals surface area contributed by atoms with E-state index in [4.69, 9.17) is 0 Å². The highest BCUT2D eigenvalue weighted by atomic mass is 16.5. The molecule has 3 nitrogen and oxygen atoms in total. The van der Waals surface area contributed by atoms with E-state index < -0.39 is 0 Å². The van der Waals surface area contributed by atoms with Crippen LogP contribution in [0.25, 0.3) is 0 Å². The summed E-state index contributed by atoms with van der Waals surface area (Å²) in [4.78, 5) is 13.5. The molecule has 0 radical (unpaired) electrons. The fourth-order valence-corrected chi connectivity index (χ4v) is 3.02. The lowest BCUT2D eigenvalue weighted by molar-refractivity contribution is -0.140. The first-order valence-corrected chi connectivity index (χ1v) is 6.80. The lowest BCUT2D eigenvalue weighted by Crippen LogP contribution is -2.38. The predicted octanol–water partition coefficient (Wildman–Crippen LogP) is 2.70. The number of carbonyl (C=O) groups excluding carboxylic acids is 1. The van der Waals surface area contributed by atoms with Crippen molar-refractivity contribution in [1.29, 1.82) is 0 Å². The number of esters is 1. The van der Waals surface area contributed by atoms with Gasteiger partial charge < -0.3 is 9.64 Å². The van der Waals surface area contributed by atoms with Crippen LogP contribution in [0.3, 0.4) is 0 Å². The average molecular weight is 241 g/mol. The molecule has 0 bridgehead atoms. The first-order chi connectivity index (χ1) is 8.02. The zero-order valence-electron chi connectivity index (χ0n) is 11.7. The van der Waals surface area contributed by atoms with Crippen LogP contribution in [0.4, 0.5) is 0 Å². The molecule has 0 aliphatic heterocycles. The van der Waals surface area contributed by atoms with Gasteiger partial charge in [0.15, 0.2) is 0 Å². The van der Waals surface area contributed by atoms with E-state index in [1.54, 1.807) is 0 Å². The Labute approximate surface area is 106 Å². The van der Waals surface area contributed by atoms with Crippen molar-refractivity contribution in [2.24, 2.45) is 11.8 Å². The summed E-state index contributed by atoms with van der Waals surface area (Å²) in [7, 11) is 3.64. The van der Waals surface area contributed by atoms with Crippen molar-refractivity contribution >= 4 is 5.97 Å². The highest BCUT2D eigenvalue weighted by Gasteiger charge is 2.26. The highest BCUT2D eigenvalue weighted by molar-refractivity contribution is 5.69. The Hall–Kier alpha value is -0.570. The predicted molar refractivity (Wildman–Crippen MR) is 69.8 cm³/mol. The van der Waals surface area contributed by atoms with Crippen LogP contribution in [-0.2, 0) is 9.53 Å². The minimum atomic E-state index is -0.0937. The van der Waals surface area contributed by atoms with Gasteiger partial charge in [-0.3, -0.25) is 4.79 Å². The fourth-order valence-electron chi connectivity index (χ4n) is 3.02. The van der Waals surface area contributed by atoms with Gasteiger partial charge in [0, 0.05) is 12.5 Å². The van der Waals surface area contributed by atoms with E-state index >= 15 is 0 Å². The van der Waals surface area contributed by atoms with Crippen molar-refractivity contribution in [1.82, 2.24) is 4.90 Å². The first kappa shape index (κ1) is 14.5. The van der Waals surface area contributed by atoms with Gasteiger partial charge in [-0.05, 0) is 51.1 Å². The molecule has 0 aromatic heterocycles. The van der Waals surface area contributed by atoms with Crippen LogP contribution < -0.4 is 0 Å².